The molecule has 0 N–H and O–H groups in total. The Labute approximate surface area is 99.9 Å². The van der Waals surface area contributed by atoms with E-state index in [1.165, 1.54) is 0 Å². The highest BCUT2D eigenvalue weighted by Gasteiger charge is 2.15. The van der Waals surface area contributed by atoms with Gasteiger partial charge < -0.3 is 0 Å². The van der Waals surface area contributed by atoms with E-state index in [2.05, 4.69) is 6.07 Å². The van der Waals surface area contributed by atoms with Gasteiger partial charge in [-0.2, -0.15) is 0 Å². The number of rotatable bonds is 2. The van der Waals surface area contributed by atoms with E-state index in [1.54, 1.807) is 6.07 Å². The Morgan fingerprint density at radius 1 is 1.12 bits per heavy atom. The van der Waals surface area contributed by atoms with E-state index in [0.29, 0.717) is 5.56 Å². The zero-order chi connectivity index (χ0) is 12.4. The van der Waals surface area contributed by atoms with Crippen molar-refractivity contribution in [2.24, 2.45) is 0 Å². The van der Waals surface area contributed by atoms with Crippen LogP contribution in [0.15, 0.2) is 36.4 Å². The molecule has 2 aromatic rings. The highest BCUT2D eigenvalue weighted by atomic mass is 16.6. The third kappa shape index (κ3) is 2.33. The van der Waals surface area contributed by atoms with Crippen LogP contribution in [-0.2, 0) is 0 Å². The molecule has 0 spiro atoms. The summed E-state index contributed by atoms with van der Waals surface area (Å²) in [4.78, 5) is 10.6. The van der Waals surface area contributed by atoms with Crippen LogP contribution in [-0.4, -0.2) is 4.92 Å². The summed E-state index contributed by atoms with van der Waals surface area (Å²) in [5, 5.41) is 10.9. The highest BCUT2D eigenvalue weighted by molar-refractivity contribution is 5.73. The Balaban J connectivity index is 2.60. The molecule has 0 saturated carbocycles. The molecule has 3 heteroatoms. The van der Waals surface area contributed by atoms with Crippen LogP contribution in [0.25, 0.3) is 11.1 Å². The van der Waals surface area contributed by atoms with Crippen molar-refractivity contribution >= 4 is 5.69 Å². The minimum absolute atomic E-state index is 0.0273. The van der Waals surface area contributed by atoms with E-state index in [-0.39, 0.29) is 5.69 Å². The second-order valence-electron chi connectivity index (χ2n) is 4.06. The highest BCUT2D eigenvalue weighted by Crippen LogP contribution is 2.30. The molecule has 0 atom stereocenters. The van der Waals surface area contributed by atoms with Crippen molar-refractivity contribution in [2.45, 2.75) is 13.8 Å². The first-order valence-electron chi connectivity index (χ1n) is 5.31. The van der Waals surface area contributed by atoms with Crippen molar-refractivity contribution in [3.8, 4) is 11.1 Å². The lowest BCUT2D eigenvalue weighted by Crippen LogP contribution is -1.93. The van der Waals surface area contributed by atoms with Crippen LogP contribution in [0.1, 0.15) is 11.1 Å². The fourth-order valence-corrected chi connectivity index (χ4v) is 1.70. The Hall–Kier alpha value is -2.16. The summed E-state index contributed by atoms with van der Waals surface area (Å²) >= 11 is 0. The van der Waals surface area contributed by atoms with Gasteiger partial charge in [-0.3, -0.25) is 10.1 Å². The van der Waals surface area contributed by atoms with Crippen LogP contribution in [0.2, 0.25) is 0 Å². The van der Waals surface area contributed by atoms with E-state index in [1.807, 2.05) is 44.2 Å². The number of hydrogen-bond donors (Lipinski definition) is 0. The summed E-state index contributed by atoms with van der Waals surface area (Å²) in [6.45, 7) is 3.89. The quantitative estimate of drug-likeness (QED) is 0.579. The van der Waals surface area contributed by atoms with E-state index in [0.717, 1.165) is 16.7 Å². The number of aryl methyl sites for hydroxylation is 2. The second-order valence-corrected chi connectivity index (χ2v) is 4.06. The largest absolute Gasteiger partial charge is 0.285 e. The van der Waals surface area contributed by atoms with Crippen LogP contribution in [0, 0.1) is 30.0 Å². The van der Waals surface area contributed by atoms with Crippen molar-refractivity contribution in [3.05, 3.63) is 63.7 Å². The number of nitro benzene ring substituents is 1. The van der Waals surface area contributed by atoms with Crippen LogP contribution in [0.3, 0.4) is 0 Å². The molecule has 2 rings (SSSR count). The Bertz CT molecular complexity index is 559. The molecular weight excluding hydrogens is 214 g/mol. The van der Waals surface area contributed by atoms with Gasteiger partial charge in [-0.15, -0.1) is 0 Å². The maximum absolute atomic E-state index is 10.9. The van der Waals surface area contributed by atoms with E-state index < -0.39 is 4.92 Å². The van der Waals surface area contributed by atoms with Crippen LogP contribution in [0.4, 0.5) is 5.69 Å². The van der Waals surface area contributed by atoms with Gasteiger partial charge in [0.2, 0.25) is 0 Å². The van der Waals surface area contributed by atoms with Crippen LogP contribution in [0.5, 0.6) is 0 Å². The van der Waals surface area contributed by atoms with Crippen molar-refractivity contribution < 1.29 is 4.92 Å². The molecule has 0 bridgehead atoms. The van der Waals surface area contributed by atoms with Gasteiger partial charge in [0.05, 0.1) is 16.6 Å². The average Bonchev–Trinajstić information content (AvgIpc) is 2.29. The molecule has 0 aliphatic rings. The number of nitrogens with zero attached hydrogens (tertiary/aromatic N) is 1. The van der Waals surface area contributed by atoms with E-state index in [4.69, 9.17) is 0 Å². The Kier molecular flexibility index (Phi) is 2.91. The summed E-state index contributed by atoms with van der Waals surface area (Å²) in [6, 6.07) is 13.9. The summed E-state index contributed by atoms with van der Waals surface area (Å²) < 4.78 is 0. The molecule has 0 saturated heterocycles. The molecule has 17 heavy (non-hydrogen) atoms. The lowest BCUT2D eigenvalue weighted by molar-refractivity contribution is -0.384. The molecular formula is C14H12NO2. The van der Waals surface area contributed by atoms with Gasteiger partial charge in [-0.25, -0.2) is 0 Å². The number of benzene rings is 2. The first-order valence-corrected chi connectivity index (χ1v) is 5.31. The molecule has 0 aromatic heterocycles. The predicted octanol–water partition coefficient (Wildman–Crippen LogP) is 3.68. The average molecular weight is 226 g/mol. The lowest BCUT2D eigenvalue weighted by atomic mass is 10.0. The molecule has 0 aliphatic carbocycles. The zero-order valence-corrected chi connectivity index (χ0v) is 9.73. The van der Waals surface area contributed by atoms with Gasteiger partial charge in [0.15, 0.2) is 0 Å². The van der Waals surface area contributed by atoms with Gasteiger partial charge in [-0.1, -0.05) is 29.8 Å². The maximum Gasteiger partial charge on any atom is 0.285 e. The predicted molar refractivity (Wildman–Crippen MR) is 66.8 cm³/mol. The monoisotopic (exact) mass is 226 g/mol. The van der Waals surface area contributed by atoms with Gasteiger partial charge in [0.25, 0.3) is 5.69 Å². The fourth-order valence-electron chi connectivity index (χ4n) is 1.70. The van der Waals surface area contributed by atoms with Crippen molar-refractivity contribution in [3.63, 3.8) is 0 Å². The molecule has 0 fully saturated rings. The van der Waals surface area contributed by atoms with Crippen LogP contribution < -0.4 is 0 Å². The van der Waals surface area contributed by atoms with Crippen LogP contribution >= 0.6 is 0 Å². The summed E-state index contributed by atoms with van der Waals surface area (Å²) in [7, 11) is 0. The third-order valence-electron chi connectivity index (χ3n) is 2.61. The molecule has 3 nitrogen and oxygen atoms in total. The van der Waals surface area contributed by atoms with Crippen molar-refractivity contribution in [1.29, 1.82) is 0 Å². The fraction of sp³-hybridized carbons (Fsp3) is 0.143. The van der Waals surface area contributed by atoms with Gasteiger partial charge in [0, 0.05) is 0 Å². The molecule has 2 aromatic carbocycles. The molecule has 1 radical (unpaired) electrons. The van der Waals surface area contributed by atoms with Gasteiger partial charge in [0.1, 0.15) is 0 Å². The first kappa shape index (κ1) is 11.3. The van der Waals surface area contributed by atoms with Gasteiger partial charge >= 0.3 is 0 Å². The molecule has 0 unspecified atom stereocenters. The third-order valence-corrected chi connectivity index (χ3v) is 2.61. The van der Waals surface area contributed by atoms with E-state index >= 15 is 0 Å². The minimum Gasteiger partial charge on any atom is -0.258 e. The molecule has 0 heterocycles. The van der Waals surface area contributed by atoms with Crippen molar-refractivity contribution in [2.75, 3.05) is 0 Å². The normalized spacial score (nSPS) is 10.2. The molecule has 0 aliphatic heterocycles. The maximum atomic E-state index is 10.9. The lowest BCUT2D eigenvalue weighted by Gasteiger charge is -2.04. The molecule has 0 amide bonds. The van der Waals surface area contributed by atoms with Crippen molar-refractivity contribution in [1.82, 2.24) is 0 Å². The number of hydrogen-bond acceptors (Lipinski definition) is 2. The minimum atomic E-state index is -0.394. The Morgan fingerprint density at radius 3 is 2.35 bits per heavy atom. The molecule has 85 valence electrons. The standard InChI is InChI=1S/C14H12NO2/c1-10-3-6-12(7-4-10)13-9-11(2)5-8-14(13)15(16)17/h3-7,9H,1-2H3. The SMILES string of the molecule is Cc1ccc(-c2cc(C)c[c]c2[N+](=O)[O-])cc1. The number of nitro groups is 1. The van der Waals surface area contributed by atoms with E-state index in [9.17, 15) is 10.1 Å². The Morgan fingerprint density at radius 2 is 1.76 bits per heavy atom. The summed E-state index contributed by atoms with van der Waals surface area (Å²) in [5.74, 6) is 0. The van der Waals surface area contributed by atoms with Gasteiger partial charge in [-0.05, 0) is 37.1 Å². The first-order chi connectivity index (χ1) is 8.08. The summed E-state index contributed by atoms with van der Waals surface area (Å²) in [5.41, 5.74) is 3.59. The second kappa shape index (κ2) is 4.37. The smallest absolute Gasteiger partial charge is 0.258 e. The summed E-state index contributed by atoms with van der Waals surface area (Å²) in [6.07, 6.45) is 0. The zero-order valence-electron chi connectivity index (χ0n) is 9.73. The topological polar surface area (TPSA) is 43.1 Å².